The quantitative estimate of drug-likeness (QED) is 0.558. The Kier molecular flexibility index (Phi) is 6.21. The number of hydrogen-bond donors (Lipinski definition) is 0. The Bertz CT molecular complexity index is 1150. The van der Waals surface area contributed by atoms with Crippen LogP contribution >= 0.6 is 0 Å². The van der Waals surface area contributed by atoms with Crippen LogP contribution in [0.1, 0.15) is 34.5 Å². The Labute approximate surface area is 194 Å². The smallest absolute Gasteiger partial charge is 0.337 e. The van der Waals surface area contributed by atoms with Gasteiger partial charge in [0.25, 0.3) is 0 Å². The number of carbonyl (C=O) groups excluding carboxylic acids is 1. The van der Waals surface area contributed by atoms with Crippen LogP contribution in [-0.2, 0) is 17.7 Å². The van der Waals surface area contributed by atoms with Gasteiger partial charge in [0.15, 0.2) is 0 Å². The minimum atomic E-state index is -0.293. The van der Waals surface area contributed by atoms with E-state index in [1.165, 1.54) is 7.11 Å². The highest BCUT2D eigenvalue weighted by molar-refractivity contribution is 5.93. The Balaban J connectivity index is 1.31. The third-order valence-electron chi connectivity index (χ3n) is 6.33. The molecule has 1 fully saturated rings. The van der Waals surface area contributed by atoms with Crippen molar-refractivity contribution < 1.29 is 9.53 Å². The SMILES string of the molecule is COC(=O)c1cc2c(c(N3CCCN(Cc4ccn(-c5ccccc5)n4)CC3)c1)N=CCC2. The highest BCUT2D eigenvalue weighted by atomic mass is 16.5. The third-order valence-corrected chi connectivity index (χ3v) is 6.33. The number of aryl methyl sites for hydroxylation is 1. The van der Waals surface area contributed by atoms with E-state index in [9.17, 15) is 4.79 Å². The van der Waals surface area contributed by atoms with Crippen LogP contribution in [0.25, 0.3) is 5.69 Å². The van der Waals surface area contributed by atoms with Gasteiger partial charge in [-0.05, 0) is 55.2 Å². The maximum absolute atomic E-state index is 12.3. The van der Waals surface area contributed by atoms with Crippen molar-refractivity contribution in [1.82, 2.24) is 14.7 Å². The molecule has 0 amide bonds. The molecule has 2 aliphatic heterocycles. The normalized spacial score (nSPS) is 16.3. The molecule has 33 heavy (non-hydrogen) atoms. The van der Waals surface area contributed by atoms with Crippen LogP contribution in [0.2, 0.25) is 0 Å². The first-order valence-electron chi connectivity index (χ1n) is 11.6. The van der Waals surface area contributed by atoms with E-state index in [2.05, 4.69) is 28.0 Å². The summed E-state index contributed by atoms with van der Waals surface area (Å²) in [6.07, 6.45) is 6.86. The lowest BCUT2D eigenvalue weighted by Gasteiger charge is -2.27. The van der Waals surface area contributed by atoms with Gasteiger partial charge in [0.1, 0.15) is 0 Å². The van der Waals surface area contributed by atoms with E-state index in [1.54, 1.807) is 0 Å². The number of carbonyl (C=O) groups is 1. The number of methoxy groups -OCH3 is 1. The molecular formula is C26H29N5O2. The molecule has 170 valence electrons. The molecule has 0 aliphatic carbocycles. The Hall–Kier alpha value is -3.45. The molecule has 1 aromatic heterocycles. The molecule has 0 atom stereocenters. The monoisotopic (exact) mass is 443 g/mol. The zero-order chi connectivity index (χ0) is 22.6. The number of benzene rings is 2. The molecule has 2 aromatic carbocycles. The molecule has 0 spiro atoms. The molecule has 0 unspecified atom stereocenters. The maximum atomic E-state index is 12.3. The summed E-state index contributed by atoms with van der Waals surface area (Å²) in [4.78, 5) is 21.8. The second kappa shape index (κ2) is 9.58. The highest BCUT2D eigenvalue weighted by Crippen LogP contribution is 2.37. The van der Waals surface area contributed by atoms with Gasteiger partial charge < -0.3 is 9.64 Å². The van der Waals surface area contributed by atoms with Crippen LogP contribution in [0.4, 0.5) is 11.4 Å². The topological polar surface area (TPSA) is 63.0 Å². The van der Waals surface area contributed by atoms with Crippen molar-refractivity contribution in [2.75, 3.05) is 38.2 Å². The Morgan fingerprint density at radius 1 is 1.06 bits per heavy atom. The number of rotatable bonds is 5. The van der Waals surface area contributed by atoms with E-state index in [1.807, 2.05) is 47.4 Å². The summed E-state index contributed by atoms with van der Waals surface area (Å²) >= 11 is 0. The Morgan fingerprint density at radius 2 is 1.94 bits per heavy atom. The van der Waals surface area contributed by atoms with Gasteiger partial charge in [0.2, 0.25) is 0 Å². The first-order chi connectivity index (χ1) is 16.2. The molecule has 0 radical (unpaired) electrons. The number of nitrogens with zero attached hydrogens (tertiary/aromatic N) is 5. The third kappa shape index (κ3) is 4.68. The number of anilines is 1. The van der Waals surface area contributed by atoms with Crippen LogP contribution in [0.15, 0.2) is 59.7 Å². The molecule has 7 heteroatoms. The maximum Gasteiger partial charge on any atom is 0.337 e. The number of fused-ring (bicyclic) bond motifs is 1. The zero-order valence-electron chi connectivity index (χ0n) is 19.0. The zero-order valence-corrected chi connectivity index (χ0v) is 19.0. The van der Waals surface area contributed by atoms with E-state index < -0.39 is 0 Å². The number of aromatic nitrogens is 2. The van der Waals surface area contributed by atoms with E-state index in [0.717, 1.165) is 80.3 Å². The van der Waals surface area contributed by atoms with Crippen LogP contribution in [0.3, 0.4) is 0 Å². The van der Waals surface area contributed by atoms with Gasteiger partial charge in [0.05, 0.1) is 35.4 Å². The van der Waals surface area contributed by atoms with Crippen molar-refractivity contribution in [3.8, 4) is 5.69 Å². The summed E-state index contributed by atoms with van der Waals surface area (Å²) in [5, 5.41) is 4.77. The number of hydrogen-bond acceptors (Lipinski definition) is 6. The van der Waals surface area contributed by atoms with Crippen molar-refractivity contribution in [3.63, 3.8) is 0 Å². The minimum Gasteiger partial charge on any atom is -0.465 e. The van der Waals surface area contributed by atoms with Crippen molar-refractivity contribution in [2.24, 2.45) is 4.99 Å². The average molecular weight is 444 g/mol. The average Bonchev–Trinajstić information content (AvgIpc) is 3.21. The fourth-order valence-corrected chi connectivity index (χ4v) is 4.64. The number of para-hydroxylation sites is 1. The number of ether oxygens (including phenoxy) is 1. The predicted molar refractivity (Wildman–Crippen MR) is 130 cm³/mol. The van der Waals surface area contributed by atoms with Crippen LogP contribution in [0, 0.1) is 0 Å². The van der Waals surface area contributed by atoms with Gasteiger partial charge in [-0.15, -0.1) is 0 Å². The molecule has 0 saturated carbocycles. The molecular weight excluding hydrogens is 414 g/mol. The minimum absolute atomic E-state index is 0.293. The first kappa shape index (κ1) is 21.4. The standard InChI is InChI=1S/C26H29N5O2/c1-33-26(32)21-17-20-7-5-11-27-25(20)24(18-21)30-13-6-12-29(15-16-30)19-22-10-14-31(28-22)23-8-3-2-4-9-23/h2-4,8-11,14,17-18H,5-7,12-13,15-16,19H2,1H3. The summed E-state index contributed by atoms with van der Waals surface area (Å²) in [7, 11) is 1.43. The lowest BCUT2D eigenvalue weighted by Crippen LogP contribution is -2.31. The lowest BCUT2D eigenvalue weighted by molar-refractivity contribution is 0.0600. The predicted octanol–water partition coefficient (Wildman–Crippen LogP) is 4.02. The summed E-state index contributed by atoms with van der Waals surface area (Å²) in [5.41, 5.74) is 5.92. The van der Waals surface area contributed by atoms with Gasteiger partial charge in [-0.3, -0.25) is 9.89 Å². The molecule has 0 bridgehead atoms. The largest absolute Gasteiger partial charge is 0.465 e. The van der Waals surface area contributed by atoms with Crippen LogP contribution < -0.4 is 4.90 Å². The van der Waals surface area contributed by atoms with Crippen molar-refractivity contribution >= 4 is 23.6 Å². The molecule has 0 N–H and O–H groups in total. The van der Waals surface area contributed by atoms with Crippen LogP contribution in [-0.4, -0.2) is 60.2 Å². The lowest BCUT2D eigenvalue weighted by atomic mass is 10.00. The second-order valence-corrected chi connectivity index (χ2v) is 8.55. The van der Waals surface area contributed by atoms with Crippen molar-refractivity contribution in [1.29, 1.82) is 0 Å². The van der Waals surface area contributed by atoms with Crippen molar-refractivity contribution in [2.45, 2.75) is 25.8 Å². The summed E-state index contributed by atoms with van der Waals surface area (Å²) in [5.74, 6) is -0.293. The molecule has 2 aliphatic rings. The first-order valence-corrected chi connectivity index (χ1v) is 11.6. The summed E-state index contributed by atoms with van der Waals surface area (Å²) in [6.45, 7) is 4.58. The molecule has 3 aromatic rings. The fourth-order valence-electron chi connectivity index (χ4n) is 4.64. The van der Waals surface area contributed by atoms with Crippen molar-refractivity contribution in [3.05, 3.63) is 71.5 Å². The number of esters is 1. The van der Waals surface area contributed by atoms with E-state index >= 15 is 0 Å². The summed E-state index contributed by atoms with van der Waals surface area (Å²) in [6, 6.07) is 16.2. The van der Waals surface area contributed by atoms with Crippen LogP contribution in [0.5, 0.6) is 0 Å². The van der Waals surface area contributed by atoms with Gasteiger partial charge in [-0.2, -0.15) is 5.10 Å². The van der Waals surface area contributed by atoms with E-state index in [-0.39, 0.29) is 5.97 Å². The molecule has 3 heterocycles. The summed E-state index contributed by atoms with van der Waals surface area (Å²) < 4.78 is 6.93. The fraction of sp³-hybridized carbons (Fsp3) is 0.346. The second-order valence-electron chi connectivity index (χ2n) is 8.55. The van der Waals surface area contributed by atoms with E-state index in [4.69, 9.17) is 14.8 Å². The Morgan fingerprint density at radius 3 is 2.79 bits per heavy atom. The van der Waals surface area contributed by atoms with E-state index in [0.29, 0.717) is 5.56 Å². The highest BCUT2D eigenvalue weighted by Gasteiger charge is 2.23. The van der Waals surface area contributed by atoms with Gasteiger partial charge in [0, 0.05) is 45.1 Å². The molecule has 1 saturated heterocycles. The van der Waals surface area contributed by atoms with Gasteiger partial charge >= 0.3 is 5.97 Å². The molecule has 5 rings (SSSR count). The molecule has 7 nitrogen and oxygen atoms in total. The number of aliphatic imine (C=N–C) groups is 1. The van der Waals surface area contributed by atoms with Gasteiger partial charge in [-0.25, -0.2) is 9.48 Å². The van der Waals surface area contributed by atoms with Gasteiger partial charge in [-0.1, -0.05) is 18.2 Å².